The van der Waals surface area contributed by atoms with Crippen LogP contribution in [0, 0.1) is 5.41 Å². The lowest BCUT2D eigenvalue weighted by Gasteiger charge is -2.38. The summed E-state index contributed by atoms with van der Waals surface area (Å²) < 4.78 is 0. The highest BCUT2D eigenvalue weighted by molar-refractivity contribution is 6.34. The Morgan fingerprint density at radius 1 is 1.13 bits per heavy atom. The summed E-state index contributed by atoms with van der Waals surface area (Å²) in [5.74, 6) is -3.14. The maximum Gasteiger partial charge on any atom is 0.305 e. The first-order chi connectivity index (χ1) is 18.2. The molecule has 11 nitrogen and oxygen atoms in total. The molecule has 2 rings (SSSR count). The molecule has 1 aromatic carbocycles. The number of halogens is 1. The molecule has 4 amide bonds. The zero-order valence-corrected chi connectivity index (χ0v) is 23.6. The molecule has 1 aliphatic heterocycles. The van der Waals surface area contributed by atoms with Gasteiger partial charge in [-0.15, -0.1) is 0 Å². The Hall–Kier alpha value is -3.47. The van der Waals surface area contributed by atoms with Gasteiger partial charge in [-0.2, -0.15) is 0 Å². The minimum atomic E-state index is -1.24. The first kappa shape index (κ1) is 31.7. The van der Waals surface area contributed by atoms with E-state index in [9.17, 15) is 28.8 Å². The van der Waals surface area contributed by atoms with E-state index < -0.39 is 53.7 Å². The van der Waals surface area contributed by atoms with Crippen molar-refractivity contribution >= 4 is 53.2 Å². The summed E-state index contributed by atoms with van der Waals surface area (Å²) in [6.45, 7) is 8.93. The standard InChI is InChI=1S/C27H37ClN4O7/c1-6-17-9-11-20(25(38)30-16(14-33)13-22(35)36)32(17)26(39)23(27(3,4)5)31-24(37)18-10-8-15(12-19(18)28)29-21(34)7-2/h8,10,12,14,16-17,20,23H,6-7,9,11,13H2,1-5H3,(H,29,34)(H,30,38)(H,31,37)(H,35,36). The Balaban J connectivity index is 2.31. The maximum absolute atomic E-state index is 14.0. The summed E-state index contributed by atoms with van der Waals surface area (Å²) >= 11 is 6.33. The molecule has 0 bridgehead atoms. The average molecular weight is 565 g/mol. The highest BCUT2D eigenvalue weighted by atomic mass is 35.5. The fourth-order valence-electron chi connectivity index (χ4n) is 4.51. The molecule has 1 saturated heterocycles. The van der Waals surface area contributed by atoms with Gasteiger partial charge in [0.1, 0.15) is 18.4 Å². The number of carboxylic acids is 1. The highest BCUT2D eigenvalue weighted by Crippen LogP contribution is 2.31. The van der Waals surface area contributed by atoms with Crippen molar-refractivity contribution in [2.24, 2.45) is 5.41 Å². The molecule has 0 aromatic heterocycles. The van der Waals surface area contributed by atoms with Gasteiger partial charge < -0.3 is 30.8 Å². The molecule has 1 fully saturated rings. The summed E-state index contributed by atoms with van der Waals surface area (Å²) in [6.07, 6.45) is 1.48. The molecule has 0 saturated carbocycles. The number of benzene rings is 1. The molecule has 0 aliphatic carbocycles. The summed E-state index contributed by atoms with van der Waals surface area (Å²) in [6, 6.07) is 0.973. The molecule has 0 spiro atoms. The lowest BCUT2D eigenvalue weighted by atomic mass is 9.85. The molecule has 0 radical (unpaired) electrons. The van der Waals surface area contributed by atoms with Crippen molar-refractivity contribution in [1.82, 2.24) is 15.5 Å². The van der Waals surface area contributed by atoms with Gasteiger partial charge in [-0.25, -0.2) is 0 Å². The van der Waals surface area contributed by atoms with Gasteiger partial charge in [0, 0.05) is 18.2 Å². The zero-order valence-electron chi connectivity index (χ0n) is 22.9. The Morgan fingerprint density at radius 2 is 1.79 bits per heavy atom. The van der Waals surface area contributed by atoms with E-state index in [4.69, 9.17) is 16.7 Å². The summed E-state index contributed by atoms with van der Waals surface area (Å²) in [5.41, 5.74) is -0.219. The number of carbonyl (C=O) groups is 6. The van der Waals surface area contributed by atoms with Gasteiger partial charge in [-0.05, 0) is 42.9 Å². The third-order valence-electron chi connectivity index (χ3n) is 6.62. The van der Waals surface area contributed by atoms with Crippen LogP contribution in [0.4, 0.5) is 5.69 Å². The van der Waals surface area contributed by atoms with Crippen molar-refractivity contribution in [2.75, 3.05) is 5.32 Å². The predicted octanol–water partition coefficient (Wildman–Crippen LogP) is 2.76. The molecule has 1 heterocycles. The van der Waals surface area contributed by atoms with E-state index in [0.717, 1.165) is 0 Å². The monoisotopic (exact) mass is 564 g/mol. The van der Waals surface area contributed by atoms with Crippen LogP contribution in [-0.2, 0) is 24.0 Å². The Morgan fingerprint density at radius 3 is 2.31 bits per heavy atom. The Bertz CT molecular complexity index is 1120. The lowest BCUT2D eigenvalue weighted by molar-refractivity contribution is -0.145. The Labute approximate surface area is 233 Å². The summed E-state index contributed by atoms with van der Waals surface area (Å²) in [4.78, 5) is 75.7. The number of nitrogens with zero attached hydrogens (tertiary/aromatic N) is 1. The van der Waals surface area contributed by atoms with Crippen molar-refractivity contribution in [2.45, 2.75) is 90.9 Å². The van der Waals surface area contributed by atoms with Crippen LogP contribution in [0.5, 0.6) is 0 Å². The molecule has 1 aromatic rings. The topological polar surface area (TPSA) is 162 Å². The van der Waals surface area contributed by atoms with E-state index in [2.05, 4.69) is 16.0 Å². The summed E-state index contributed by atoms with van der Waals surface area (Å²) in [5, 5.41) is 17.0. The van der Waals surface area contributed by atoms with Gasteiger partial charge in [0.15, 0.2) is 0 Å². The second-order valence-corrected chi connectivity index (χ2v) is 11.0. The van der Waals surface area contributed by atoms with E-state index >= 15 is 0 Å². The molecule has 12 heteroatoms. The second-order valence-electron chi connectivity index (χ2n) is 10.6. The number of hydrogen-bond donors (Lipinski definition) is 4. The first-order valence-electron chi connectivity index (χ1n) is 12.9. The fraction of sp³-hybridized carbons (Fsp3) is 0.556. The van der Waals surface area contributed by atoms with Crippen molar-refractivity contribution in [3.05, 3.63) is 28.8 Å². The number of rotatable bonds is 11. The molecular weight excluding hydrogens is 528 g/mol. The molecule has 4 atom stereocenters. The minimum Gasteiger partial charge on any atom is -0.481 e. The number of likely N-dealkylation sites (tertiary alicyclic amines) is 1. The SMILES string of the molecule is CCC(=O)Nc1ccc(C(=O)NC(C(=O)N2C(CC)CCC2C(=O)NC(C=O)CC(=O)O)C(C)(C)C)c(Cl)c1. The smallest absolute Gasteiger partial charge is 0.305 e. The third-order valence-corrected chi connectivity index (χ3v) is 6.94. The number of amides is 4. The Kier molecular flexibility index (Phi) is 11.0. The highest BCUT2D eigenvalue weighted by Gasteiger charge is 2.46. The number of carbonyl (C=O) groups excluding carboxylic acids is 5. The van der Waals surface area contributed by atoms with Crippen LogP contribution in [0.1, 0.15) is 77.1 Å². The van der Waals surface area contributed by atoms with Crippen LogP contribution >= 0.6 is 11.6 Å². The predicted molar refractivity (Wildman–Crippen MR) is 145 cm³/mol. The minimum absolute atomic E-state index is 0.0877. The van der Waals surface area contributed by atoms with Crippen molar-refractivity contribution in [3.63, 3.8) is 0 Å². The van der Waals surface area contributed by atoms with Gasteiger partial charge in [0.25, 0.3) is 5.91 Å². The maximum atomic E-state index is 14.0. The van der Waals surface area contributed by atoms with Crippen LogP contribution in [0.15, 0.2) is 18.2 Å². The molecule has 1 aliphatic rings. The van der Waals surface area contributed by atoms with Crippen LogP contribution < -0.4 is 16.0 Å². The van der Waals surface area contributed by atoms with Gasteiger partial charge in [-0.1, -0.05) is 46.2 Å². The first-order valence-corrected chi connectivity index (χ1v) is 13.3. The van der Waals surface area contributed by atoms with Gasteiger partial charge in [-0.3, -0.25) is 24.0 Å². The van der Waals surface area contributed by atoms with E-state index in [1.54, 1.807) is 27.7 Å². The van der Waals surface area contributed by atoms with Crippen LogP contribution in [-0.4, -0.2) is 70.1 Å². The molecule has 214 valence electrons. The van der Waals surface area contributed by atoms with E-state index in [1.807, 2.05) is 6.92 Å². The quantitative estimate of drug-likeness (QED) is 0.300. The summed E-state index contributed by atoms with van der Waals surface area (Å²) in [7, 11) is 0. The largest absolute Gasteiger partial charge is 0.481 e. The number of aldehydes is 1. The van der Waals surface area contributed by atoms with E-state index in [0.29, 0.717) is 31.2 Å². The molecular formula is C27H37ClN4O7. The van der Waals surface area contributed by atoms with Gasteiger partial charge >= 0.3 is 5.97 Å². The number of aliphatic carboxylic acids is 1. The van der Waals surface area contributed by atoms with Gasteiger partial charge in [0.2, 0.25) is 17.7 Å². The number of anilines is 1. The molecule has 4 unspecified atom stereocenters. The molecule has 4 N–H and O–H groups in total. The average Bonchev–Trinajstić information content (AvgIpc) is 3.29. The lowest BCUT2D eigenvalue weighted by Crippen LogP contribution is -2.60. The van der Waals surface area contributed by atoms with Crippen molar-refractivity contribution in [1.29, 1.82) is 0 Å². The van der Waals surface area contributed by atoms with E-state index in [-0.39, 0.29) is 29.0 Å². The molecule has 39 heavy (non-hydrogen) atoms. The van der Waals surface area contributed by atoms with Crippen molar-refractivity contribution < 1.29 is 33.9 Å². The fourth-order valence-corrected chi connectivity index (χ4v) is 4.77. The van der Waals surface area contributed by atoms with Crippen LogP contribution in [0.25, 0.3) is 0 Å². The van der Waals surface area contributed by atoms with Crippen LogP contribution in [0.2, 0.25) is 5.02 Å². The third kappa shape index (κ3) is 8.26. The second kappa shape index (κ2) is 13.5. The normalized spacial score (nSPS) is 18.6. The zero-order chi connectivity index (χ0) is 29.5. The number of hydrogen-bond acceptors (Lipinski definition) is 6. The number of nitrogens with one attached hydrogen (secondary N) is 3. The van der Waals surface area contributed by atoms with Crippen LogP contribution in [0.3, 0.4) is 0 Å². The van der Waals surface area contributed by atoms with Crippen molar-refractivity contribution in [3.8, 4) is 0 Å². The van der Waals surface area contributed by atoms with E-state index in [1.165, 1.54) is 23.1 Å². The number of carboxylic acid groups (broad SMARTS) is 1. The van der Waals surface area contributed by atoms with Gasteiger partial charge in [0.05, 0.1) is 23.0 Å².